The molecule has 112 valence electrons. The van der Waals surface area contributed by atoms with Crippen molar-refractivity contribution in [1.82, 2.24) is 10.3 Å². The van der Waals surface area contributed by atoms with Crippen molar-refractivity contribution in [2.24, 2.45) is 0 Å². The van der Waals surface area contributed by atoms with Gasteiger partial charge in [-0.3, -0.25) is 4.79 Å². The number of amides is 1. The second kappa shape index (κ2) is 6.45. The Morgan fingerprint density at radius 1 is 1.38 bits per heavy atom. The van der Waals surface area contributed by atoms with Crippen LogP contribution in [0.5, 0.6) is 11.5 Å². The number of carbonyl (C=O) groups is 1. The summed E-state index contributed by atoms with van der Waals surface area (Å²) in [4.78, 5) is 16.7. The maximum Gasteiger partial charge on any atom is 0.263 e. The van der Waals surface area contributed by atoms with E-state index in [0.717, 1.165) is 5.56 Å². The molecule has 0 bridgehead atoms. The monoisotopic (exact) mass is 307 g/mol. The number of anilines is 1. The fourth-order valence-corrected chi connectivity index (χ4v) is 2.65. The molecule has 0 unspecified atom stereocenters. The van der Waals surface area contributed by atoms with E-state index in [1.165, 1.54) is 11.3 Å². The minimum atomic E-state index is -0.202. The number of nitrogen functional groups attached to an aromatic ring is 1. The topological polar surface area (TPSA) is 86.5 Å². The molecule has 0 atom stereocenters. The average molecular weight is 307 g/mol. The van der Waals surface area contributed by atoms with Gasteiger partial charge in [0.05, 0.1) is 19.9 Å². The van der Waals surface area contributed by atoms with Crippen LogP contribution in [-0.4, -0.2) is 25.1 Å². The van der Waals surface area contributed by atoms with E-state index in [9.17, 15) is 4.79 Å². The molecule has 0 aliphatic rings. The Kier molecular flexibility index (Phi) is 4.64. The minimum Gasteiger partial charge on any atom is -0.497 e. The van der Waals surface area contributed by atoms with E-state index in [4.69, 9.17) is 15.2 Å². The van der Waals surface area contributed by atoms with Crippen LogP contribution < -0.4 is 20.5 Å². The number of carbonyl (C=O) groups excluding carboxylic acids is 1. The van der Waals surface area contributed by atoms with Gasteiger partial charge in [-0.25, -0.2) is 4.98 Å². The Morgan fingerprint density at radius 2 is 2.14 bits per heavy atom. The Labute approximate surface area is 126 Å². The smallest absolute Gasteiger partial charge is 0.263 e. The molecule has 0 saturated heterocycles. The third-order valence-electron chi connectivity index (χ3n) is 2.95. The van der Waals surface area contributed by atoms with Crippen LogP contribution in [-0.2, 0) is 6.54 Å². The highest BCUT2D eigenvalue weighted by Crippen LogP contribution is 2.24. The van der Waals surface area contributed by atoms with E-state index in [0.29, 0.717) is 33.7 Å². The summed E-state index contributed by atoms with van der Waals surface area (Å²) >= 11 is 1.17. The summed E-state index contributed by atoms with van der Waals surface area (Å²) in [5.74, 6) is 1.20. The summed E-state index contributed by atoms with van der Waals surface area (Å²) in [7, 11) is 3.18. The molecule has 0 saturated carbocycles. The molecule has 0 aliphatic carbocycles. The Morgan fingerprint density at radius 3 is 2.71 bits per heavy atom. The number of nitrogens with two attached hydrogens (primary N) is 1. The van der Waals surface area contributed by atoms with Crippen molar-refractivity contribution in [3.05, 3.63) is 34.3 Å². The summed E-state index contributed by atoms with van der Waals surface area (Å²) in [6.07, 6.45) is 0. The number of nitrogens with one attached hydrogen (secondary N) is 1. The molecule has 1 aromatic carbocycles. The van der Waals surface area contributed by atoms with Gasteiger partial charge in [0.25, 0.3) is 5.91 Å². The van der Waals surface area contributed by atoms with Crippen LogP contribution in [0.2, 0.25) is 0 Å². The number of hydrogen-bond donors (Lipinski definition) is 2. The van der Waals surface area contributed by atoms with Crippen LogP contribution in [0, 0.1) is 6.92 Å². The lowest BCUT2D eigenvalue weighted by Crippen LogP contribution is -2.22. The number of aromatic nitrogens is 1. The van der Waals surface area contributed by atoms with Gasteiger partial charge in [-0.15, -0.1) is 0 Å². The van der Waals surface area contributed by atoms with E-state index in [1.54, 1.807) is 33.3 Å². The third-order valence-corrected chi connectivity index (χ3v) is 3.93. The Balaban J connectivity index is 2.12. The first-order valence-electron chi connectivity index (χ1n) is 6.27. The molecule has 7 heteroatoms. The van der Waals surface area contributed by atoms with Crippen molar-refractivity contribution in [3.8, 4) is 11.5 Å². The molecule has 1 amide bonds. The van der Waals surface area contributed by atoms with Crippen LogP contribution in [0.3, 0.4) is 0 Å². The highest BCUT2D eigenvalue weighted by Gasteiger charge is 2.14. The van der Waals surface area contributed by atoms with E-state index < -0.39 is 0 Å². The number of thiazole rings is 1. The highest BCUT2D eigenvalue weighted by molar-refractivity contribution is 7.17. The summed E-state index contributed by atoms with van der Waals surface area (Å²) in [5, 5.41) is 3.22. The number of rotatable bonds is 5. The summed E-state index contributed by atoms with van der Waals surface area (Å²) in [6.45, 7) is 2.09. The van der Waals surface area contributed by atoms with Gasteiger partial charge < -0.3 is 20.5 Å². The van der Waals surface area contributed by atoms with Gasteiger partial charge in [0, 0.05) is 12.1 Å². The normalized spacial score (nSPS) is 10.2. The fourth-order valence-electron chi connectivity index (χ4n) is 1.90. The van der Waals surface area contributed by atoms with Crippen molar-refractivity contribution >= 4 is 22.4 Å². The van der Waals surface area contributed by atoms with Crippen molar-refractivity contribution in [1.29, 1.82) is 0 Å². The molecule has 2 aromatic rings. The molecule has 3 N–H and O–H groups in total. The van der Waals surface area contributed by atoms with Crippen LogP contribution in [0.25, 0.3) is 0 Å². The number of methoxy groups -OCH3 is 2. The maximum absolute atomic E-state index is 12.1. The zero-order valence-electron chi connectivity index (χ0n) is 12.1. The number of ether oxygens (including phenoxy) is 2. The zero-order valence-corrected chi connectivity index (χ0v) is 12.9. The zero-order chi connectivity index (χ0) is 15.4. The molecule has 2 rings (SSSR count). The van der Waals surface area contributed by atoms with E-state index >= 15 is 0 Å². The Bertz CT molecular complexity index is 655. The van der Waals surface area contributed by atoms with Crippen LogP contribution >= 0.6 is 11.3 Å². The lowest BCUT2D eigenvalue weighted by Gasteiger charge is -2.11. The number of hydrogen-bond acceptors (Lipinski definition) is 6. The number of benzene rings is 1. The Hall–Kier alpha value is -2.28. The lowest BCUT2D eigenvalue weighted by atomic mass is 10.2. The minimum absolute atomic E-state index is 0.202. The predicted octanol–water partition coefficient (Wildman–Crippen LogP) is 1.98. The van der Waals surface area contributed by atoms with Crippen molar-refractivity contribution in [2.75, 3.05) is 20.0 Å². The maximum atomic E-state index is 12.1. The molecule has 0 spiro atoms. The van der Waals surface area contributed by atoms with E-state index in [1.807, 2.05) is 6.07 Å². The lowest BCUT2D eigenvalue weighted by molar-refractivity contribution is 0.0954. The van der Waals surface area contributed by atoms with Crippen LogP contribution in [0.15, 0.2) is 18.2 Å². The molecule has 0 fully saturated rings. The van der Waals surface area contributed by atoms with E-state index in [-0.39, 0.29) is 5.91 Å². The first-order chi connectivity index (χ1) is 10.0. The van der Waals surface area contributed by atoms with Gasteiger partial charge in [0.1, 0.15) is 16.4 Å². The second-order valence-corrected chi connectivity index (χ2v) is 5.36. The van der Waals surface area contributed by atoms with Gasteiger partial charge in [0.15, 0.2) is 5.13 Å². The molecule has 0 radical (unpaired) electrons. The molecular weight excluding hydrogens is 290 g/mol. The largest absolute Gasteiger partial charge is 0.497 e. The quantitative estimate of drug-likeness (QED) is 0.882. The van der Waals surface area contributed by atoms with Crippen molar-refractivity contribution in [3.63, 3.8) is 0 Å². The summed E-state index contributed by atoms with van der Waals surface area (Å²) in [6, 6.07) is 5.43. The number of nitrogens with zero attached hydrogens (tertiary/aromatic N) is 1. The van der Waals surface area contributed by atoms with Crippen molar-refractivity contribution in [2.45, 2.75) is 13.5 Å². The first-order valence-corrected chi connectivity index (χ1v) is 7.08. The second-order valence-electron chi connectivity index (χ2n) is 4.33. The summed E-state index contributed by atoms with van der Waals surface area (Å²) in [5.41, 5.74) is 7.06. The fraction of sp³-hybridized carbons (Fsp3) is 0.286. The molecular formula is C14H17N3O3S. The molecule has 1 heterocycles. The van der Waals surface area contributed by atoms with Gasteiger partial charge in [-0.1, -0.05) is 11.3 Å². The van der Waals surface area contributed by atoms with Gasteiger partial charge in [0.2, 0.25) is 0 Å². The molecule has 1 aromatic heterocycles. The standard InChI is InChI=1S/C14H17N3O3S/c1-8-12(21-14(15)17-8)13(18)16-7-9-6-10(19-2)4-5-11(9)20-3/h4-6H,7H2,1-3H3,(H2,15,17)(H,16,18). The highest BCUT2D eigenvalue weighted by atomic mass is 32.1. The van der Waals surface area contributed by atoms with Gasteiger partial charge >= 0.3 is 0 Å². The van der Waals surface area contributed by atoms with Gasteiger partial charge in [-0.2, -0.15) is 0 Å². The molecule has 21 heavy (non-hydrogen) atoms. The van der Waals surface area contributed by atoms with Gasteiger partial charge in [-0.05, 0) is 25.1 Å². The average Bonchev–Trinajstić information content (AvgIpc) is 2.83. The molecule has 0 aliphatic heterocycles. The van der Waals surface area contributed by atoms with Crippen LogP contribution in [0.1, 0.15) is 20.9 Å². The first kappa shape index (κ1) is 15.1. The van der Waals surface area contributed by atoms with E-state index in [2.05, 4.69) is 10.3 Å². The number of aryl methyl sites for hydroxylation is 1. The predicted molar refractivity (Wildman–Crippen MR) is 82.0 cm³/mol. The summed E-state index contributed by atoms with van der Waals surface area (Å²) < 4.78 is 10.4. The molecule has 6 nitrogen and oxygen atoms in total. The van der Waals surface area contributed by atoms with Crippen LogP contribution in [0.4, 0.5) is 5.13 Å². The van der Waals surface area contributed by atoms with Crippen molar-refractivity contribution < 1.29 is 14.3 Å². The SMILES string of the molecule is COc1ccc(OC)c(CNC(=O)c2sc(N)nc2C)c1. The third kappa shape index (κ3) is 3.43.